The van der Waals surface area contributed by atoms with Gasteiger partial charge in [-0.25, -0.2) is 0 Å². The van der Waals surface area contributed by atoms with Crippen LogP contribution in [0.1, 0.15) is 13.3 Å². The quantitative estimate of drug-likeness (QED) is 0.324. The van der Waals surface area contributed by atoms with Gasteiger partial charge in [-0.3, -0.25) is 10.5 Å². The molecule has 0 aromatic heterocycles. The summed E-state index contributed by atoms with van der Waals surface area (Å²) in [6.07, 6.45) is 1.10. The fourth-order valence-corrected chi connectivity index (χ4v) is 0. The van der Waals surface area contributed by atoms with Crippen molar-refractivity contribution < 1.29 is 10.5 Å². The molecule has 40 valence electrons. The highest BCUT2D eigenvalue weighted by Gasteiger charge is 1.55. The van der Waals surface area contributed by atoms with Gasteiger partial charge in [0.25, 0.3) is 0 Å². The lowest BCUT2D eigenvalue weighted by molar-refractivity contribution is -0.176. The molecular formula is C3H11NO2. The average molecular weight is 93.1 g/mol. The van der Waals surface area contributed by atoms with Gasteiger partial charge in [-0.2, -0.15) is 0 Å². The Bertz CT molecular complexity index is 10.8. The second-order valence-electron chi connectivity index (χ2n) is 0.789. The van der Waals surface area contributed by atoms with Crippen molar-refractivity contribution in [3.63, 3.8) is 0 Å². The molecule has 0 aromatic rings. The minimum Gasteiger partial charge on any atom is -0.330 e. The minimum atomic E-state index is 0.819. The normalized spacial score (nSPS) is 6.00. The first-order valence-electron chi connectivity index (χ1n) is 1.82. The van der Waals surface area contributed by atoms with Gasteiger partial charge in [-0.15, -0.1) is 0 Å². The van der Waals surface area contributed by atoms with E-state index in [1.54, 1.807) is 0 Å². The highest BCUT2D eigenvalue weighted by Crippen LogP contribution is 1.57. The van der Waals surface area contributed by atoms with E-state index in [1.165, 1.54) is 0 Å². The van der Waals surface area contributed by atoms with E-state index in [4.69, 9.17) is 16.2 Å². The van der Waals surface area contributed by atoms with E-state index in [9.17, 15) is 0 Å². The second kappa shape index (κ2) is 20.8. The molecule has 0 heterocycles. The SMILES string of the molecule is CCCN.OO. The molecule has 0 saturated heterocycles. The zero-order valence-electron chi connectivity index (χ0n) is 3.89. The predicted molar refractivity (Wildman–Crippen MR) is 24.6 cm³/mol. The van der Waals surface area contributed by atoms with Crippen LogP contribution in [0.2, 0.25) is 0 Å². The van der Waals surface area contributed by atoms with Gasteiger partial charge >= 0.3 is 0 Å². The molecule has 3 heteroatoms. The molecule has 0 rings (SSSR count). The Kier molecular flexibility index (Phi) is 32.2. The van der Waals surface area contributed by atoms with Gasteiger partial charge in [0.1, 0.15) is 0 Å². The molecule has 0 aromatic carbocycles. The van der Waals surface area contributed by atoms with E-state index in [0.717, 1.165) is 13.0 Å². The third-order valence-corrected chi connectivity index (χ3v) is 0.289. The second-order valence-corrected chi connectivity index (χ2v) is 0.789. The van der Waals surface area contributed by atoms with Crippen molar-refractivity contribution in [2.75, 3.05) is 6.54 Å². The zero-order valence-corrected chi connectivity index (χ0v) is 3.89. The van der Waals surface area contributed by atoms with Crippen molar-refractivity contribution in [3.8, 4) is 0 Å². The fourth-order valence-electron chi connectivity index (χ4n) is 0. The summed E-state index contributed by atoms with van der Waals surface area (Å²) in [5.41, 5.74) is 5.03. The van der Waals surface area contributed by atoms with E-state index in [2.05, 4.69) is 6.92 Å². The topological polar surface area (TPSA) is 66.5 Å². The van der Waals surface area contributed by atoms with Crippen LogP contribution < -0.4 is 5.73 Å². The summed E-state index contributed by atoms with van der Waals surface area (Å²) in [6.45, 7) is 2.88. The maximum atomic E-state index is 6.00. The molecule has 0 fully saturated rings. The molecule has 0 unspecified atom stereocenters. The van der Waals surface area contributed by atoms with Crippen LogP contribution >= 0.6 is 0 Å². The van der Waals surface area contributed by atoms with E-state index in [-0.39, 0.29) is 0 Å². The Morgan fingerprint density at radius 2 is 1.67 bits per heavy atom. The summed E-state index contributed by atoms with van der Waals surface area (Å²) < 4.78 is 0. The summed E-state index contributed by atoms with van der Waals surface area (Å²) in [6, 6.07) is 0. The summed E-state index contributed by atoms with van der Waals surface area (Å²) in [5.74, 6) is 0. The number of hydrogen-bond acceptors (Lipinski definition) is 3. The van der Waals surface area contributed by atoms with Gasteiger partial charge in [-0.1, -0.05) is 6.92 Å². The van der Waals surface area contributed by atoms with Gasteiger partial charge < -0.3 is 5.73 Å². The standard InChI is InChI=1S/C3H9N.H2O2/c1-2-3-4;1-2/h2-4H2,1H3;1-2H. The highest BCUT2D eigenvalue weighted by atomic mass is 17.0. The fraction of sp³-hybridized carbons (Fsp3) is 1.00. The molecule has 0 radical (unpaired) electrons. The largest absolute Gasteiger partial charge is 0.330 e. The molecule has 0 amide bonds. The first-order valence-corrected chi connectivity index (χ1v) is 1.82. The van der Waals surface area contributed by atoms with Crippen LogP contribution in [0.4, 0.5) is 0 Å². The van der Waals surface area contributed by atoms with Crippen LogP contribution in [0, 0.1) is 0 Å². The van der Waals surface area contributed by atoms with E-state index < -0.39 is 0 Å². The van der Waals surface area contributed by atoms with Gasteiger partial charge in [0.2, 0.25) is 0 Å². The minimum absolute atomic E-state index is 0.819. The van der Waals surface area contributed by atoms with Crippen LogP contribution in [0.25, 0.3) is 0 Å². The van der Waals surface area contributed by atoms with Crippen LogP contribution in [0.15, 0.2) is 0 Å². The molecule has 0 aliphatic heterocycles. The summed E-state index contributed by atoms with van der Waals surface area (Å²) in [5, 5.41) is 12.0. The average Bonchev–Trinajstić information content (AvgIpc) is 1.72. The molecule has 0 spiro atoms. The Labute approximate surface area is 37.3 Å². The Hall–Kier alpha value is -0.120. The maximum Gasteiger partial charge on any atom is -0.00799 e. The monoisotopic (exact) mass is 93.1 g/mol. The third kappa shape index (κ3) is 41.6. The van der Waals surface area contributed by atoms with Crippen molar-refractivity contribution in [1.29, 1.82) is 0 Å². The summed E-state index contributed by atoms with van der Waals surface area (Å²) >= 11 is 0. The van der Waals surface area contributed by atoms with Crippen LogP contribution in [-0.4, -0.2) is 17.1 Å². The van der Waals surface area contributed by atoms with Gasteiger partial charge in [0, 0.05) is 0 Å². The van der Waals surface area contributed by atoms with Crippen LogP contribution in [0.3, 0.4) is 0 Å². The molecule has 0 aliphatic rings. The van der Waals surface area contributed by atoms with Crippen molar-refractivity contribution in [1.82, 2.24) is 0 Å². The van der Waals surface area contributed by atoms with Gasteiger partial charge in [0.05, 0.1) is 0 Å². The first-order chi connectivity index (χ1) is 2.91. The molecule has 0 saturated carbocycles. The number of nitrogens with two attached hydrogens (primary N) is 1. The summed E-state index contributed by atoms with van der Waals surface area (Å²) in [7, 11) is 0. The first kappa shape index (κ1) is 9.30. The summed E-state index contributed by atoms with van der Waals surface area (Å²) in [4.78, 5) is 0. The molecule has 0 bridgehead atoms. The van der Waals surface area contributed by atoms with Crippen molar-refractivity contribution in [2.24, 2.45) is 5.73 Å². The number of hydrogen-bond donors (Lipinski definition) is 3. The smallest absolute Gasteiger partial charge is 0.00799 e. The van der Waals surface area contributed by atoms with Crippen LogP contribution in [-0.2, 0) is 0 Å². The molecule has 3 nitrogen and oxygen atoms in total. The third-order valence-electron chi connectivity index (χ3n) is 0.289. The number of rotatable bonds is 1. The van der Waals surface area contributed by atoms with Crippen molar-refractivity contribution >= 4 is 0 Å². The molecular weight excluding hydrogens is 82.0 g/mol. The van der Waals surface area contributed by atoms with Gasteiger partial charge in [0.15, 0.2) is 0 Å². The van der Waals surface area contributed by atoms with E-state index >= 15 is 0 Å². The lowest BCUT2D eigenvalue weighted by Crippen LogP contribution is -1.93. The Balaban J connectivity index is 0. The molecule has 4 N–H and O–H groups in total. The van der Waals surface area contributed by atoms with E-state index in [1.807, 2.05) is 0 Å². The Morgan fingerprint density at radius 3 is 1.67 bits per heavy atom. The lowest BCUT2D eigenvalue weighted by atomic mass is 10.5. The van der Waals surface area contributed by atoms with Crippen molar-refractivity contribution in [2.45, 2.75) is 13.3 Å². The van der Waals surface area contributed by atoms with Crippen LogP contribution in [0.5, 0.6) is 0 Å². The molecule has 6 heavy (non-hydrogen) atoms. The predicted octanol–water partition coefficient (Wildman–Crippen LogP) is 0.373. The lowest BCUT2D eigenvalue weighted by Gasteiger charge is -1.70. The van der Waals surface area contributed by atoms with Gasteiger partial charge in [-0.05, 0) is 13.0 Å². The maximum absolute atomic E-state index is 6.00. The Morgan fingerprint density at radius 1 is 1.50 bits per heavy atom. The molecule has 0 atom stereocenters. The zero-order chi connectivity index (χ0) is 5.41. The van der Waals surface area contributed by atoms with E-state index in [0.29, 0.717) is 0 Å². The molecule has 0 aliphatic carbocycles. The van der Waals surface area contributed by atoms with Crippen molar-refractivity contribution in [3.05, 3.63) is 0 Å². The highest BCUT2D eigenvalue weighted by molar-refractivity contribution is 4.19.